The zero-order valence-electron chi connectivity index (χ0n) is 12.9. The second-order valence-electron chi connectivity index (χ2n) is 5.97. The highest BCUT2D eigenvalue weighted by atomic mass is 19.1. The fourth-order valence-electron chi connectivity index (χ4n) is 1.87. The Morgan fingerprint density at radius 2 is 1.81 bits per heavy atom. The van der Waals surface area contributed by atoms with Gasteiger partial charge in [-0.3, -0.25) is 4.79 Å². The number of Topliss-reactive ketones (excluding diaryl/α,β-unsaturated/α-hetero) is 1. The van der Waals surface area contributed by atoms with Gasteiger partial charge in [-0.05, 0) is 23.1 Å². The van der Waals surface area contributed by atoms with Gasteiger partial charge < -0.3 is 10.1 Å². The van der Waals surface area contributed by atoms with Crippen LogP contribution in [0.25, 0.3) is 0 Å². The van der Waals surface area contributed by atoms with Gasteiger partial charge in [-0.25, -0.2) is 9.18 Å². The summed E-state index contributed by atoms with van der Waals surface area (Å²) in [5.74, 6) is -0.384. The molecule has 21 heavy (non-hydrogen) atoms. The Bertz CT molecular complexity index is 491. The highest BCUT2D eigenvalue weighted by Gasteiger charge is 2.31. The first-order valence-corrected chi connectivity index (χ1v) is 6.94. The van der Waals surface area contributed by atoms with Crippen molar-refractivity contribution in [2.45, 2.75) is 46.8 Å². The van der Waals surface area contributed by atoms with E-state index in [4.69, 9.17) is 4.74 Å². The molecule has 0 saturated carbocycles. The van der Waals surface area contributed by atoms with Gasteiger partial charge in [-0.1, -0.05) is 39.8 Å². The van der Waals surface area contributed by atoms with Crippen LogP contribution in [0, 0.1) is 11.2 Å². The van der Waals surface area contributed by atoms with Gasteiger partial charge in [0.1, 0.15) is 12.4 Å². The quantitative estimate of drug-likeness (QED) is 0.905. The van der Waals surface area contributed by atoms with Gasteiger partial charge in [-0.2, -0.15) is 0 Å². The monoisotopic (exact) mass is 295 g/mol. The van der Waals surface area contributed by atoms with E-state index in [2.05, 4.69) is 5.32 Å². The van der Waals surface area contributed by atoms with E-state index >= 15 is 0 Å². The third-order valence-electron chi connectivity index (χ3n) is 3.08. The average molecular weight is 295 g/mol. The maximum Gasteiger partial charge on any atom is 0.408 e. The number of rotatable bonds is 5. The van der Waals surface area contributed by atoms with E-state index in [0.717, 1.165) is 0 Å². The minimum Gasteiger partial charge on any atom is -0.445 e. The van der Waals surface area contributed by atoms with E-state index < -0.39 is 12.1 Å². The minimum atomic E-state index is -0.652. The summed E-state index contributed by atoms with van der Waals surface area (Å²) in [6.45, 7) is 7.43. The Morgan fingerprint density at radius 3 is 2.29 bits per heavy atom. The molecule has 0 bridgehead atoms. The molecular formula is C16H22FNO3. The number of carbonyl (C=O) groups excluding carboxylic acids is 2. The predicted octanol–water partition coefficient (Wildman–Crippen LogP) is 3.45. The first-order chi connectivity index (χ1) is 9.74. The Morgan fingerprint density at radius 1 is 1.24 bits per heavy atom. The smallest absolute Gasteiger partial charge is 0.408 e. The van der Waals surface area contributed by atoms with E-state index in [9.17, 15) is 14.0 Å². The van der Waals surface area contributed by atoms with Crippen LogP contribution in [0.4, 0.5) is 9.18 Å². The molecule has 5 heteroatoms. The molecule has 116 valence electrons. The maximum atomic E-state index is 12.8. The fourth-order valence-corrected chi connectivity index (χ4v) is 1.87. The van der Waals surface area contributed by atoms with Crippen LogP contribution >= 0.6 is 0 Å². The molecule has 0 aliphatic heterocycles. The third-order valence-corrected chi connectivity index (χ3v) is 3.08. The molecule has 0 radical (unpaired) electrons. The van der Waals surface area contributed by atoms with Crippen LogP contribution in [0.15, 0.2) is 24.3 Å². The summed E-state index contributed by atoms with van der Waals surface area (Å²) < 4.78 is 17.8. The topological polar surface area (TPSA) is 55.4 Å². The van der Waals surface area contributed by atoms with Gasteiger partial charge in [0.25, 0.3) is 0 Å². The number of hydrogen-bond donors (Lipinski definition) is 1. The second-order valence-corrected chi connectivity index (χ2v) is 5.97. The number of halogens is 1. The van der Waals surface area contributed by atoms with Crippen LogP contribution < -0.4 is 5.32 Å². The van der Waals surface area contributed by atoms with Crippen LogP contribution in [0.5, 0.6) is 0 Å². The van der Waals surface area contributed by atoms with Crippen molar-refractivity contribution >= 4 is 11.9 Å². The molecule has 0 aliphatic rings. The molecule has 1 aromatic rings. The van der Waals surface area contributed by atoms with Crippen LogP contribution in [-0.4, -0.2) is 17.9 Å². The zero-order chi connectivity index (χ0) is 16.0. The number of carbonyl (C=O) groups is 2. The number of ketones is 1. The van der Waals surface area contributed by atoms with Gasteiger partial charge in [0, 0.05) is 6.42 Å². The highest BCUT2D eigenvalue weighted by Crippen LogP contribution is 2.21. The van der Waals surface area contributed by atoms with E-state index in [1.54, 1.807) is 19.1 Å². The van der Waals surface area contributed by atoms with Gasteiger partial charge in [-0.15, -0.1) is 0 Å². The summed E-state index contributed by atoms with van der Waals surface area (Å²) in [5, 5.41) is 2.60. The number of ether oxygens (including phenoxy) is 1. The summed E-state index contributed by atoms with van der Waals surface area (Å²) in [6.07, 6.45) is -0.304. The van der Waals surface area contributed by atoms with Crippen molar-refractivity contribution < 1.29 is 18.7 Å². The normalized spacial score (nSPS) is 12.6. The van der Waals surface area contributed by atoms with Crippen LogP contribution in [0.1, 0.15) is 39.7 Å². The van der Waals surface area contributed by atoms with Gasteiger partial charge >= 0.3 is 6.09 Å². The van der Waals surface area contributed by atoms with Crippen LogP contribution in [0.3, 0.4) is 0 Å². The van der Waals surface area contributed by atoms with Crippen molar-refractivity contribution in [1.82, 2.24) is 5.32 Å². The average Bonchev–Trinajstić information content (AvgIpc) is 2.42. The summed E-state index contributed by atoms with van der Waals surface area (Å²) in [5.41, 5.74) is 0.294. The molecule has 0 aliphatic carbocycles. The molecule has 0 heterocycles. The van der Waals surface area contributed by atoms with Crippen molar-refractivity contribution in [1.29, 1.82) is 0 Å². The van der Waals surface area contributed by atoms with Crippen LogP contribution in [-0.2, 0) is 16.1 Å². The molecule has 1 atom stereocenters. The molecule has 0 fully saturated rings. The van der Waals surface area contributed by atoms with Crippen LogP contribution in [0.2, 0.25) is 0 Å². The van der Waals surface area contributed by atoms with E-state index in [1.807, 2.05) is 20.8 Å². The molecule has 1 rings (SSSR count). The van der Waals surface area contributed by atoms with Gasteiger partial charge in [0.15, 0.2) is 5.78 Å². The summed E-state index contributed by atoms with van der Waals surface area (Å²) in [7, 11) is 0. The molecule has 1 aromatic carbocycles. The van der Waals surface area contributed by atoms with Gasteiger partial charge in [0.2, 0.25) is 0 Å². The molecule has 0 aromatic heterocycles. The molecule has 0 saturated heterocycles. The Kier molecular flexibility index (Phi) is 5.88. The number of alkyl carbamates (subject to hydrolysis) is 1. The number of hydrogen-bond acceptors (Lipinski definition) is 3. The summed E-state index contributed by atoms with van der Waals surface area (Å²) >= 11 is 0. The largest absolute Gasteiger partial charge is 0.445 e. The minimum absolute atomic E-state index is 0.0310. The zero-order valence-corrected chi connectivity index (χ0v) is 12.9. The summed E-state index contributed by atoms with van der Waals surface area (Å²) in [4.78, 5) is 23.7. The Hall–Kier alpha value is -1.91. The van der Waals surface area contributed by atoms with Crippen molar-refractivity contribution in [3.63, 3.8) is 0 Å². The molecule has 1 unspecified atom stereocenters. The lowest BCUT2D eigenvalue weighted by Gasteiger charge is -2.29. The molecule has 4 nitrogen and oxygen atoms in total. The maximum absolute atomic E-state index is 12.8. The number of nitrogens with one attached hydrogen (secondary N) is 1. The lowest BCUT2D eigenvalue weighted by molar-refractivity contribution is -0.123. The standard InChI is InChI=1S/C16H22FNO3/c1-5-13(19)14(16(2,3)4)18-15(20)21-10-11-6-8-12(17)9-7-11/h6-9,14H,5,10H2,1-4H3,(H,18,20). The first kappa shape index (κ1) is 17.1. The molecule has 1 amide bonds. The fraction of sp³-hybridized carbons (Fsp3) is 0.500. The predicted molar refractivity (Wildman–Crippen MR) is 78.3 cm³/mol. The second kappa shape index (κ2) is 7.20. The third kappa shape index (κ3) is 5.53. The van der Waals surface area contributed by atoms with Crippen molar-refractivity contribution in [2.75, 3.05) is 0 Å². The summed E-state index contributed by atoms with van der Waals surface area (Å²) in [6, 6.07) is 5.09. The van der Waals surface area contributed by atoms with E-state index in [0.29, 0.717) is 12.0 Å². The molecule has 0 spiro atoms. The molecule has 1 N–H and O–H groups in total. The van der Waals surface area contributed by atoms with Gasteiger partial charge in [0.05, 0.1) is 6.04 Å². The van der Waals surface area contributed by atoms with Crippen molar-refractivity contribution in [2.24, 2.45) is 5.41 Å². The lowest BCUT2D eigenvalue weighted by Crippen LogP contribution is -2.49. The van der Waals surface area contributed by atoms with E-state index in [1.165, 1.54) is 12.1 Å². The van der Waals surface area contributed by atoms with E-state index in [-0.39, 0.29) is 23.6 Å². The Balaban J connectivity index is 2.58. The molecular weight excluding hydrogens is 273 g/mol. The highest BCUT2D eigenvalue weighted by molar-refractivity contribution is 5.87. The SMILES string of the molecule is CCC(=O)C(NC(=O)OCc1ccc(F)cc1)C(C)(C)C. The first-order valence-electron chi connectivity index (χ1n) is 6.94. The Labute approximate surface area is 124 Å². The number of benzene rings is 1. The number of amides is 1. The van der Waals surface area contributed by atoms with Crippen molar-refractivity contribution in [3.05, 3.63) is 35.6 Å². The van der Waals surface area contributed by atoms with Crippen molar-refractivity contribution in [3.8, 4) is 0 Å². The lowest BCUT2D eigenvalue weighted by atomic mass is 9.83.